The Balaban J connectivity index is 4.42. The van der Waals surface area contributed by atoms with E-state index in [0.717, 1.165) is 0 Å². The number of hydrogen-bond donors (Lipinski definition) is 1. The van der Waals surface area contributed by atoms with Gasteiger partial charge in [0, 0.05) is 0 Å². The molecule has 0 bridgehead atoms. The summed E-state index contributed by atoms with van der Waals surface area (Å²) in [6, 6.07) is 0. The molecule has 0 rings (SSSR count). The molecule has 82 valence electrons. The number of hydrogen-bond acceptors (Lipinski definition) is 5. The van der Waals surface area contributed by atoms with Crippen molar-refractivity contribution in [2.24, 2.45) is 5.92 Å². The Labute approximate surface area is 83.0 Å². The van der Waals surface area contributed by atoms with Crippen molar-refractivity contribution in [3.8, 4) is 0 Å². The molecule has 0 saturated heterocycles. The van der Waals surface area contributed by atoms with Crippen LogP contribution in [0.2, 0.25) is 0 Å². The van der Waals surface area contributed by atoms with Gasteiger partial charge in [0.1, 0.15) is 0 Å². The van der Waals surface area contributed by atoms with Gasteiger partial charge < -0.3 is 14.6 Å². The van der Waals surface area contributed by atoms with Crippen LogP contribution in [-0.2, 0) is 19.1 Å². The molecule has 0 aromatic rings. The van der Waals surface area contributed by atoms with Gasteiger partial charge in [-0.2, -0.15) is 0 Å². The van der Waals surface area contributed by atoms with Crippen molar-refractivity contribution in [3.05, 3.63) is 0 Å². The Morgan fingerprint density at radius 1 is 1.14 bits per heavy atom. The van der Waals surface area contributed by atoms with Crippen LogP contribution in [0.3, 0.4) is 0 Å². The van der Waals surface area contributed by atoms with Crippen LogP contribution in [0, 0.1) is 5.92 Å². The number of esters is 2. The van der Waals surface area contributed by atoms with Crippen LogP contribution >= 0.6 is 0 Å². The molecule has 0 radical (unpaired) electrons. The Hall–Kier alpha value is -1.10. The molecule has 0 aliphatic carbocycles. The Bertz CT molecular complexity index is 181. The quantitative estimate of drug-likeness (QED) is 0.508. The molecule has 0 aromatic heterocycles. The molecule has 0 amide bonds. The molecule has 14 heavy (non-hydrogen) atoms. The molecule has 0 aliphatic rings. The van der Waals surface area contributed by atoms with Crippen LogP contribution in [0.1, 0.15) is 20.8 Å². The van der Waals surface area contributed by atoms with Crippen molar-refractivity contribution in [2.75, 3.05) is 13.2 Å². The van der Waals surface area contributed by atoms with Gasteiger partial charge in [-0.15, -0.1) is 0 Å². The number of rotatable bonds is 5. The van der Waals surface area contributed by atoms with Crippen LogP contribution < -0.4 is 0 Å². The summed E-state index contributed by atoms with van der Waals surface area (Å²) in [7, 11) is 0. The second-order valence-electron chi connectivity index (χ2n) is 2.72. The van der Waals surface area contributed by atoms with Crippen LogP contribution in [-0.4, -0.2) is 36.4 Å². The highest BCUT2D eigenvalue weighted by Gasteiger charge is 2.33. The standard InChI is InChI=1S/C9H16O5/c1-4-13-8(11)7(6(3)10)9(12)14-5-2/h6-7,10H,4-5H2,1-3H3. The molecule has 1 atom stereocenters. The highest BCUT2D eigenvalue weighted by atomic mass is 16.6. The molecule has 1 unspecified atom stereocenters. The van der Waals surface area contributed by atoms with Gasteiger partial charge in [-0.25, -0.2) is 0 Å². The average molecular weight is 204 g/mol. The number of ether oxygens (including phenoxy) is 2. The van der Waals surface area contributed by atoms with Gasteiger partial charge in [-0.1, -0.05) is 0 Å². The summed E-state index contributed by atoms with van der Waals surface area (Å²) >= 11 is 0. The lowest BCUT2D eigenvalue weighted by molar-refractivity contribution is -0.166. The minimum atomic E-state index is -1.24. The predicted octanol–water partition coefficient (Wildman–Crippen LogP) is 0.110. The fourth-order valence-corrected chi connectivity index (χ4v) is 0.954. The van der Waals surface area contributed by atoms with E-state index in [4.69, 9.17) is 0 Å². The molecule has 5 nitrogen and oxygen atoms in total. The number of carbonyl (C=O) groups excluding carboxylic acids is 2. The topological polar surface area (TPSA) is 72.8 Å². The molecule has 0 heterocycles. The van der Waals surface area contributed by atoms with E-state index in [1.54, 1.807) is 13.8 Å². The van der Waals surface area contributed by atoms with E-state index >= 15 is 0 Å². The van der Waals surface area contributed by atoms with Gasteiger partial charge >= 0.3 is 11.9 Å². The summed E-state index contributed by atoms with van der Waals surface area (Å²) in [4.78, 5) is 22.4. The monoisotopic (exact) mass is 204 g/mol. The van der Waals surface area contributed by atoms with Crippen molar-refractivity contribution in [3.63, 3.8) is 0 Å². The normalized spacial score (nSPS) is 12.4. The first-order valence-corrected chi connectivity index (χ1v) is 4.55. The van der Waals surface area contributed by atoms with Crippen LogP contribution in [0.25, 0.3) is 0 Å². The summed E-state index contributed by atoms with van der Waals surface area (Å²) in [6.45, 7) is 4.94. The number of carbonyl (C=O) groups is 2. The van der Waals surface area contributed by atoms with Crippen molar-refractivity contribution in [1.82, 2.24) is 0 Å². The molecule has 0 aromatic carbocycles. The molecular weight excluding hydrogens is 188 g/mol. The third kappa shape index (κ3) is 3.74. The van der Waals surface area contributed by atoms with E-state index in [-0.39, 0.29) is 13.2 Å². The molecule has 1 N–H and O–H groups in total. The zero-order chi connectivity index (χ0) is 11.1. The first-order chi connectivity index (χ1) is 6.54. The van der Waals surface area contributed by atoms with Crippen molar-refractivity contribution < 1.29 is 24.2 Å². The van der Waals surface area contributed by atoms with Gasteiger partial charge in [0.15, 0.2) is 5.92 Å². The third-order valence-corrected chi connectivity index (χ3v) is 1.56. The van der Waals surface area contributed by atoms with E-state index in [1.807, 2.05) is 0 Å². The van der Waals surface area contributed by atoms with Gasteiger partial charge in [0.25, 0.3) is 0 Å². The van der Waals surface area contributed by atoms with Crippen LogP contribution in [0.4, 0.5) is 0 Å². The van der Waals surface area contributed by atoms with E-state index in [2.05, 4.69) is 9.47 Å². The van der Waals surface area contributed by atoms with E-state index in [0.29, 0.717) is 0 Å². The summed E-state index contributed by atoms with van der Waals surface area (Å²) < 4.78 is 9.27. The van der Waals surface area contributed by atoms with Gasteiger partial charge in [0.05, 0.1) is 19.3 Å². The van der Waals surface area contributed by atoms with Crippen LogP contribution in [0.5, 0.6) is 0 Å². The van der Waals surface area contributed by atoms with Gasteiger partial charge in [-0.05, 0) is 20.8 Å². The van der Waals surface area contributed by atoms with Gasteiger partial charge in [0.2, 0.25) is 0 Å². The van der Waals surface area contributed by atoms with Crippen LogP contribution in [0.15, 0.2) is 0 Å². The fraction of sp³-hybridized carbons (Fsp3) is 0.778. The maximum absolute atomic E-state index is 11.2. The summed E-state index contributed by atoms with van der Waals surface area (Å²) in [6.07, 6.45) is -1.10. The fourth-order valence-electron chi connectivity index (χ4n) is 0.954. The van der Waals surface area contributed by atoms with Gasteiger partial charge in [-0.3, -0.25) is 9.59 Å². The summed E-state index contributed by atoms with van der Waals surface area (Å²) in [5.74, 6) is -2.74. The predicted molar refractivity (Wildman–Crippen MR) is 48.4 cm³/mol. The maximum Gasteiger partial charge on any atom is 0.323 e. The number of aliphatic hydroxyl groups is 1. The zero-order valence-corrected chi connectivity index (χ0v) is 8.65. The maximum atomic E-state index is 11.2. The second-order valence-corrected chi connectivity index (χ2v) is 2.72. The lowest BCUT2D eigenvalue weighted by Gasteiger charge is -2.16. The van der Waals surface area contributed by atoms with Crippen molar-refractivity contribution in [1.29, 1.82) is 0 Å². The molecule has 0 aliphatic heterocycles. The SMILES string of the molecule is CCOC(=O)C(C(=O)OCC)C(C)O. The minimum absolute atomic E-state index is 0.168. The largest absolute Gasteiger partial charge is 0.465 e. The van der Waals surface area contributed by atoms with Crippen molar-refractivity contribution in [2.45, 2.75) is 26.9 Å². The lowest BCUT2D eigenvalue weighted by Crippen LogP contribution is -2.36. The Morgan fingerprint density at radius 2 is 1.50 bits per heavy atom. The molecule has 0 fully saturated rings. The summed E-state index contributed by atoms with van der Waals surface area (Å²) in [5.41, 5.74) is 0. The zero-order valence-electron chi connectivity index (χ0n) is 8.65. The average Bonchev–Trinajstić information content (AvgIpc) is 2.04. The van der Waals surface area contributed by atoms with E-state index < -0.39 is 24.0 Å². The minimum Gasteiger partial charge on any atom is -0.465 e. The number of aliphatic hydroxyl groups excluding tert-OH is 1. The summed E-state index contributed by atoms with van der Waals surface area (Å²) in [5, 5.41) is 9.20. The smallest absolute Gasteiger partial charge is 0.323 e. The molecule has 5 heteroatoms. The third-order valence-electron chi connectivity index (χ3n) is 1.56. The molecule has 0 spiro atoms. The molecular formula is C9H16O5. The van der Waals surface area contributed by atoms with E-state index in [1.165, 1.54) is 6.92 Å². The van der Waals surface area contributed by atoms with E-state index in [9.17, 15) is 14.7 Å². The highest BCUT2D eigenvalue weighted by molar-refractivity contribution is 5.95. The highest BCUT2D eigenvalue weighted by Crippen LogP contribution is 2.09. The van der Waals surface area contributed by atoms with Crippen molar-refractivity contribution >= 4 is 11.9 Å². The lowest BCUT2D eigenvalue weighted by atomic mass is 10.0. The molecule has 0 saturated carbocycles. The second kappa shape index (κ2) is 6.37. The first-order valence-electron chi connectivity index (χ1n) is 4.55. The Kier molecular flexibility index (Phi) is 5.87. The Morgan fingerprint density at radius 3 is 1.71 bits per heavy atom. The first kappa shape index (κ1) is 12.9.